The highest BCUT2D eigenvalue weighted by Crippen LogP contribution is 2.26. The van der Waals surface area contributed by atoms with Gasteiger partial charge >= 0.3 is 6.09 Å². The molecule has 1 aromatic rings. The summed E-state index contributed by atoms with van der Waals surface area (Å²) in [5.41, 5.74) is 1.08. The van der Waals surface area contributed by atoms with Crippen molar-refractivity contribution >= 4 is 6.09 Å². The fourth-order valence-corrected chi connectivity index (χ4v) is 2.11. The van der Waals surface area contributed by atoms with Crippen LogP contribution >= 0.6 is 0 Å². The van der Waals surface area contributed by atoms with Crippen LogP contribution in [0.4, 0.5) is 4.79 Å². The summed E-state index contributed by atoms with van der Waals surface area (Å²) in [5.74, 6) is 1.05. The predicted molar refractivity (Wildman–Crippen MR) is 67.4 cm³/mol. The van der Waals surface area contributed by atoms with Crippen molar-refractivity contribution in [3.63, 3.8) is 0 Å². The molecule has 2 rings (SSSR count). The number of carbonyl (C=O) groups is 1. The molecule has 3 nitrogen and oxygen atoms in total. The number of amides is 1. The lowest BCUT2D eigenvalue weighted by Crippen LogP contribution is -2.30. The van der Waals surface area contributed by atoms with E-state index in [1.807, 2.05) is 24.3 Å². The molecular formula is C14H19NO2. The van der Waals surface area contributed by atoms with Gasteiger partial charge in [-0.25, -0.2) is 4.79 Å². The third kappa shape index (κ3) is 2.78. The molecule has 0 bridgehead atoms. The fourth-order valence-electron chi connectivity index (χ4n) is 2.11. The molecule has 0 N–H and O–H groups in total. The van der Waals surface area contributed by atoms with Gasteiger partial charge < -0.3 is 9.64 Å². The van der Waals surface area contributed by atoms with E-state index in [0.29, 0.717) is 11.7 Å². The summed E-state index contributed by atoms with van der Waals surface area (Å²) in [6, 6.07) is 7.75. The molecule has 0 atom stereocenters. The van der Waals surface area contributed by atoms with Crippen molar-refractivity contribution < 1.29 is 9.53 Å². The van der Waals surface area contributed by atoms with Crippen LogP contribution in [0.25, 0.3) is 0 Å². The van der Waals surface area contributed by atoms with Gasteiger partial charge in [0.2, 0.25) is 0 Å². The molecule has 0 unspecified atom stereocenters. The van der Waals surface area contributed by atoms with E-state index in [1.165, 1.54) is 0 Å². The normalized spacial score (nSPS) is 15.4. The summed E-state index contributed by atoms with van der Waals surface area (Å²) in [6.07, 6.45) is 1.96. The highest BCUT2D eigenvalue weighted by Gasteiger charge is 2.20. The number of likely N-dealkylation sites (tertiary alicyclic amines) is 1. The molecule has 0 aliphatic carbocycles. The number of hydrogen-bond acceptors (Lipinski definition) is 2. The minimum atomic E-state index is -0.212. The van der Waals surface area contributed by atoms with Crippen LogP contribution in [0.3, 0.4) is 0 Å². The quantitative estimate of drug-likeness (QED) is 0.783. The van der Waals surface area contributed by atoms with Gasteiger partial charge in [0.1, 0.15) is 5.75 Å². The Bertz CT molecular complexity index is 395. The van der Waals surface area contributed by atoms with E-state index >= 15 is 0 Å². The van der Waals surface area contributed by atoms with Crippen molar-refractivity contribution in [2.24, 2.45) is 0 Å². The second kappa shape index (κ2) is 5.21. The fraction of sp³-hybridized carbons (Fsp3) is 0.500. The van der Waals surface area contributed by atoms with E-state index in [0.717, 1.165) is 31.5 Å². The van der Waals surface area contributed by atoms with Crippen LogP contribution in [0.2, 0.25) is 0 Å². The monoisotopic (exact) mass is 233 g/mol. The topological polar surface area (TPSA) is 29.5 Å². The van der Waals surface area contributed by atoms with Crippen molar-refractivity contribution in [1.82, 2.24) is 4.90 Å². The summed E-state index contributed by atoms with van der Waals surface area (Å²) in [4.78, 5) is 13.7. The zero-order valence-corrected chi connectivity index (χ0v) is 10.5. The van der Waals surface area contributed by atoms with Gasteiger partial charge in [0.25, 0.3) is 0 Å². The first-order valence-electron chi connectivity index (χ1n) is 6.24. The van der Waals surface area contributed by atoms with Gasteiger partial charge in [-0.3, -0.25) is 0 Å². The summed E-state index contributed by atoms with van der Waals surface area (Å²) in [5, 5.41) is 0. The number of nitrogens with zero attached hydrogens (tertiary/aromatic N) is 1. The molecule has 0 aromatic heterocycles. The molecule has 0 spiro atoms. The molecular weight excluding hydrogens is 214 g/mol. The van der Waals surface area contributed by atoms with Crippen LogP contribution in [0, 0.1) is 0 Å². The lowest BCUT2D eigenvalue weighted by molar-refractivity contribution is 0.162. The molecule has 1 aliphatic heterocycles. The van der Waals surface area contributed by atoms with E-state index in [2.05, 4.69) is 13.8 Å². The van der Waals surface area contributed by atoms with Crippen molar-refractivity contribution in [2.75, 3.05) is 13.1 Å². The Kier molecular flexibility index (Phi) is 3.67. The van der Waals surface area contributed by atoms with Crippen LogP contribution in [0.5, 0.6) is 5.75 Å². The van der Waals surface area contributed by atoms with Crippen molar-refractivity contribution in [2.45, 2.75) is 32.6 Å². The average Bonchev–Trinajstić information content (AvgIpc) is 2.83. The number of ether oxygens (including phenoxy) is 1. The number of para-hydroxylation sites is 1. The summed E-state index contributed by atoms with van der Waals surface area (Å²) >= 11 is 0. The van der Waals surface area contributed by atoms with Gasteiger partial charge in [0, 0.05) is 13.1 Å². The highest BCUT2D eigenvalue weighted by molar-refractivity contribution is 5.71. The van der Waals surface area contributed by atoms with Crippen molar-refractivity contribution in [3.8, 4) is 5.75 Å². The number of rotatable bonds is 2. The first-order valence-corrected chi connectivity index (χ1v) is 6.24. The van der Waals surface area contributed by atoms with Gasteiger partial charge in [0.05, 0.1) is 0 Å². The van der Waals surface area contributed by atoms with Gasteiger partial charge in [-0.1, -0.05) is 32.0 Å². The molecule has 0 saturated carbocycles. The molecule has 0 radical (unpaired) electrons. The summed E-state index contributed by atoms with van der Waals surface area (Å²) in [7, 11) is 0. The second-order valence-corrected chi connectivity index (χ2v) is 4.75. The van der Waals surface area contributed by atoms with Gasteiger partial charge in [-0.15, -0.1) is 0 Å². The first kappa shape index (κ1) is 12.0. The van der Waals surface area contributed by atoms with E-state index in [4.69, 9.17) is 4.74 Å². The SMILES string of the molecule is CC(C)c1ccccc1OC(=O)N1CCCC1. The third-order valence-corrected chi connectivity index (χ3v) is 3.10. The lowest BCUT2D eigenvalue weighted by Gasteiger charge is -2.17. The molecule has 1 aromatic carbocycles. The Labute approximate surface area is 102 Å². The van der Waals surface area contributed by atoms with Crippen molar-refractivity contribution in [3.05, 3.63) is 29.8 Å². The van der Waals surface area contributed by atoms with Crippen LogP contribution < -0.4 is 4.74 Å². The molecule has 1 amide bonds. The molecule has 1 aliphatic rings. The Hall–Kier alpha value is -1.51. The Morgan fingerprint density at radius 2 is 1.88 bits per heavy atom. The van der Waals surface area contributed by atoms with Gasteiger partial charge in [0.15, 0.2) is 0 Å². The molecule has 92 valence electrons. The maximum absolute atomic E-state index is 11.9. The number of hydrogen-bond donors (Lipinski definition) is 0. The summed E-state index contributed by atoms with van der Waals surface area (Å²) < 4.78 is 5.48. The third-order valence-electron chi connectivity index (χ3n) is 3.10. The Balaban J connectivity index is 2.09. The number of benzene rings is 1. The van der Waals surface area contributed by atoms with Crippen LogP contribution in [-0.4, -0.2) is 24.1 Å². The second-order valence-electron chi connectivity index (χ2n) is 4.75. The Morgan fingerprint density at radius 1 is 1.24 bits per heavy atom. The Morgan fingerprint density at radius 3 is 2.53 bits per heavy atom. The average molecular weight is 233 g/mol. The number of carbonyl (C=O) groups excluding carboxylic acids is 1. The largest absolute Gasteiger partial charge is 0.415 e. The van der Waals surface area contributed by atoms with E-state index < -0.39 is 0 Å². The van der Waals surface area contributed by atoms with E-state index in [-0.39, 0.29) is 6.09 Å². The van der Waals surface area contributed by atoms with Crippen LogP contribution in [-0.2, 0) is 0 Å². The van der Waals surface area contributed by atoms with Gasteiger partial charge in [-0.05, 0) is 30.4 Å². The molecule has 1 heterocycles. The molecule has 3 heteroatoms. The zero-order valence-electron chi connectivity index (χ0n) is 10.5. The predicted octanol–water partition coefficient (Wildman–Crippen LogP) is 3.40. The summed E-state index contributed by atoms with van der Waals surface area (Å²) in [6.45, 7) is 5.84. The lowest BCUT2D eigenvalue weighted by atomic mass is 10.0. The minimum absolute atomic E-state index is 0.212. The highest BCUT2D eigenvalue weighted by atomic mass is 16.6. The maximum Gasteiger partial charge on any atom is 0.415 e. The van der Waals surface area contributed by atoms with E-state index in [9.17, 15) is 4.79 Å². The first-order chi connectivity index (χ1) is 8.18. The maximum atomic E-state index is 11.9. The minimum Gasteiger partial charge on any atom is -0.410 e. The van der Waals surface area contributed by atoms with Gasteiger partial charge in [-0.2, -0.15) is 0 Å². The van der Waals surface area contributed by atoms with Crippen molar-refractivity contribution in [1.29, 1.82) is 0 Å². The van der Waals surface area contributed by atoms with Crippen LogP contribution in [0.1, 0.15) is 38.2 Å². The zero-order chi connectivity index (χ0) is 12.3. The van der Waals surface area contributed by atoms with E-state index in [1.54, 1.807) is 4.90 Å². The molecule has 17 heavy (non-hydrogen) atoms. The molecule has 1 saturated heterocycles. The smallest absolute Gasteiger partial charge is 0.410 e. The van der Waals surface area contributed by atoms with Crippen LogP contribution in [0.15, 0.2) is 24.3 Å². The standard InChI is InChI=1S/C14H19NO2/c1-11(2)12-7-3-4-8-13(12)17-14(16)15-9-5-6-10-15/h3-4,7-8,11H,5-6,9-10H2,1-2H3. The molecule has 1 fully saturated rings.